The Kier molecular flexibility index (Phi) is 9.33. The van der Waals surface area contributed by atoms with Crippen molar-refractivity contribution in [1.29, 1.82) is 0 Å². The third-order valence-corrected chi connectivity index (χ3v) is 8.41. The molecular formula is C29H32FN3O7S. The van der Waals surface area contributed by atoms with Crippen LogP contribution in [0, 0.1) is 5.82 Å². The maximum absolute atomic E-state index is 14.0. The molecule has 41 heavy (non-hydrogen) atoms. The molecule has 4 rings (SSSR count). The molecule has 2 amide bonds. The Morgan fingerprint density at radius 3 is 2.27 bits per heavy atom. The number of methoxy groups -OCH3 is 1. The van der Waals surface area contributed by atoms with Crippen molar-refractivity contribution in [2.75, 3.05) is 38.2 Å². The zero-order chi connectivity index (χ0) is 29.6. The Morgan fingerprint density at radius 1 is 1.00 bits per heavy atom. The lowest BCUT2D eigenvalue weighted by Crippen LogP contribution is -2.51. The highest BCUT2D eigenvalue weighted by atomic mass is 32.2. The summed E-state index contributed by atoms with van der Waals surface area (Å²) in [4.78, 5) is 28.0. The Labute approximate surface area is 238 Å². The van der Waals surface area contributed by atoms with E-state index in [-0.39, 0.29) is 35.9 Å². The largest absolute Gasteiger partial charge is 0.497 e. The van der Waals surface area contributed by atoms with Crippen molar-refractivity contribution in [2.24, 2.45) is 0 Å². The molecule has 0 saturated carbocycles. The molecule has 0 aliphatic carbocycles. The molecule has 0 bridgehead atoms. The predicted molar refractivity (Wildman–Crippen MR) is 150 cm³/mol. The van der Waals surface area contributed by atoms with E-state index in [2.05, 4.69) is 5.32 Å². The second-order valence-electron chi connectivity index (χ2n) is 9.20. The number of nitrogens with one attached hydrogen (secondary N) is 1. The lowest BCUT2D eigenvalue weighted by Gasteiger charge is -2.33. The molecule has 1 N–H and O–H groups in total. The van der Waals surface area contributed by atoms with Crippen LogP contribution < -0.4 is 23.8 Å². The van der Waals surface area contributed by atoms with E-state index >= 15 is 0 Å². The van der Waals surface area contributed by atoms with Crippen LogP contribution in [0.4, 0.5) is 10.1 Å². The fourth-order valence-corrected chi connectivity index (χ4v) is 5.89. The number of carbonyl (C=O) groups is 2. The summed E-state index contributed by atoms with van der Waals surface area (Å²) in [5.74, 6) is -0.295. The molecule has 0 saturated heterocycles. The third kappa shape index (κ3) is 6.71. The minimum Gasteiger partial charge on any atom is -0.497 e. The average Bonchev–Trinajstić information content (AvgIpc) is 3.00. The van der Waals surface area contributed by atoms with E-state index in [0.29, 0.717) is 23.7 Å². The van der Waals surface area contributed by atoms with Gasteiger partial charge in [0.1, 0.15) is 37.4 Å². The molecule has 0 radical (unpaired) electrons. The van der Waals surface area contributed by atoms with Crippen molar-refractivity contribution < 1.29 is 36.6 Å². The molecule has 218 valence electrons. The number of ether oxygens (including phenoxy) is 3. The summed E-state index contributed by atoms with van der Waals surface area (Å²) in [6, 6.07) is 15.1. The van der Waals surface area contributed by atoms with Crippen molar-refractivity contribution in [3.63, 3.8) is 0 Å². The molecule has 1 heterocycles. The standard InChI is InChI=1S/C29H32FN3O7S/c1-4-25(29(35)31-2)32(18-20-5-11-23(38-3)12-6-20)28(34)19-33(22-9-7-21(30)8-10-22)41(36,37)24-13-14-26-27(17-24)40-16-15-39-26/h5-14,17,25H,4,15-16,18-19H2,1-3H3,(H,31,35)/t25-/m0/s1. The van der Waals surface area contributed by atoms with Crippen LogP contribution in [-0.4, -0.2) is 65.1 Å². The van der Waals surface area contributed by atoms with Gasteiger partial charge in [0.15, 0.2) is 11.5 Å². The van der Waals surface area contributed by atoms with Crippen molar-refractivity contribution in [3.8, 4) is 17.2 Å². The van der Waals surface area contributed by atoms with Gasteiger partial charge >= 0.3 is 0 Å². The summed E-state index contributed by atoms with van der Waals surface area (Å²) >= 11 is 0. The van der Waals surface area contributed by atoms with Gasteiger partial charge in [-0.2, -0.15) is 0 Å². The van der Waals surface area contributed by atoms with E-state index < -0.39 is 40.2 Å². The van der Waals surface area contributed by atoms with Gasteiger partial charge in [-0.25, -0.2) is 12.8 Å². The van der Waals surface area contributed by atoms with Gasteiger partial charge in [0.2, 0.25) is 11.8 Å². The van der Waals surface area contributed by atoms with Crippen LogP contribution in [0.3, 0.4) is 0 Å². The molecule has 12 heteroatoms. The molecule has 0 fully saturated rings. The number of halogens is 1. The number of sulfonamides is 1. The van der Waals surface area contributed by atoms with Crippen molar-refractivity contribution in [1.82, 2.24) is 10.2 Å². The van der Waals surface area contributed by atoms with Gasteiger partial charge in [-0.3, -0.25) is 13.9 Å². The van der Waals surface area contributed by atoms with Gasteiger partial charge in [0.05, 0.1) is 17.7 Å². The lowest BCUT2D eigenvalue weighted by molar-refractivity contribution is -0.140. The molecule has 3 aromatic carbocycles. The molecule has 0 unspecified atom stereocenters. The number of rotatable bonds is 11. The van der Waals surface area contributed by atoms with Crippen molar-refractivity contribution in [2.45, 2.75) is 30.8 Å². The van der Waals surface area contributed by atoms with Crippen molar-refractivity contribution in [3.05, 3.63) is 78.1 Å². The SMILES string of the molecule is CC[C@@H](C(=O)NC)N(Cc1ccc(OC)cc1)C(=O)CN(c1ccc(F)cc1)S(=O)(=O)c1ccc2c(c1)OCCO2. The van der Waals surface area contributed by atoms with Crippen LogP contribution in [0.1, 0.15) is 18.9 Å². The fourth-order valence-electron chi connectivity index (χ4n) is 4.46. The Morgan fingerprint density at radius 2 is 1.66 bits per heavy atom. The maximum Gasteiger partial charge on any atom is 0.264 e. The molecule has 1 aliphatic rings. The number of benzene rings is 3. The first-order valence-electron chi connectivity index (χ1n) is 13.0. The summed E-state index contributed by atoms with van der Waals surface area (Å²) in [5.41, 5.74) is 0.788. The topological polar surface area (TPSA) is 114 Å². The van der Waals surface area contributed by atoms with Gasteiger partial charge in [0.25, 0.3) is 10.0 Å². The number of likely N-dealkylation sites (N-methyl/N-ethyl adjacent to an activating group) is 1. The van der Waals surface area contributed by atoms with Crippen LogP contribution >= 0.6 is 0 Å². The van der Waals surface area contributed by atoms with E-state index in [1.54, 1.807) is 31.2 Å². The zero-order valence-electron chi connectivity index (χ0n) is 23.0. The summed E-state index contributed by atoms with van der Waals surface area (Å²) in [6.07, 6.45) is 0.285. The first-order valence-corrected chi connectivity index (χ1v) is 14.4. The van der Waals surface area contributed by atoms with Gasteiger partial charge in [0, 0.05) is 19.7 Å². The summed E-state index contributed by atoms with van der Waals surface area (Å²) in [7, 11) is -1.35. The molecule has 10 nitrogen and oxygen atoms in total. The lowest BCUT2D eigenvalue weighted by atomic mass is 10.1. The van der Waals surface area contributed by atoms with Crippen LogP contribution in [0.5, 0.6) is 17.2 Å². The highest BCUT2D eigenvalue weighted by Crippen LogP contribution is 2.34. The fraction of sp³-hybridized carbons (Fsp3) is 0.310. The number of nitrogens with zero attached hydrogens (tertiary/aromatic N) is 2. The highest BCUT2D eigenvalue weighted by molar-refractivity contribution is 7.92. The first kappa shape index (κ1) is 29.7. The number of hydrogen-bond donors (Lipinski definition) is 1. The molecule has 0 spiro atoms. The van der Waals surface area contributed by atoms with Crippen LogP contribution in [0.2, 0.25) is 0 Å². The maximum atomic E-state index is 14.0. The van der Waals surface area contributed by atoms with Crippen LogP contribution in [0.15, 0.2) is 71.6 Å². The van der Waals surface area contributed by atoms with Gasteiger partial charge in [-0.1, -0.05) is 19.1 Å². The Balaban J connectivity index is 1.73. The van der Waals surface area contributed by atoms with E-state index in [9.17, 15) is 22.4 Å². The second-order valence-corrected chi connectivity index (χ2v) is 11.1. The summed E-state index contributed by atoms with van der Waals surface area (Å²) in [6.45, 7) is 1.75. The molecule has 0 aromatic heterocycles. The Hall–Kier alpha value is -4.32. The second kappa shape index (κ2) is 12.9. The van der Waals surface area contributed by atoms with Crippen molar-refractivity contribution >= 4 is 27.5 Å². The number of carbonyl (C=O) groups excluding carboxylic acids is 2. The molecule has 3 aromatic rings. The number of hydrogen-bond acceptors (Lipinski definition) is 7. The minimum atomic E-state index is -4.36. The van der Waals surface area contributed by atoms with E-state index in [0.717, 1.165) is 16.4 Å². The first-order chi connectivity index (χ1) is 19.7. The van der Waals surface area contributed by atoms with E-state index in [1.165, 1.54) is 49.4 Å². The normalized spacial score (nSPS) is 13.2. The predicted octanol–water partition coefficient (Wildman–Crippen LogP) is 3.35. The minimum absolute atomic E-state index is 0.0378. The summed E-state index contributed by atoms with van der Waals surface area (Å²) in [5, 5.41) is 2.58. The molecule has 1 aliphatic heterocycles. The molecule has 1 atom stereocenters. The van der Waals surface area contributed by atoms with Crippen LogP contribution in [-0.2, 0) is 26.2 Å². The van der Waals surface area contributed by atoms with Gasteiger partial charge < -0.3 is 24.4 Å². The average molecular weight is 586 g/mol. The summed E-state index contributed by atoms with van der Waals surface area (Å²) < 4.78 is 59.0. The van der Waals surface area contributed by atoms with Gasteiger partial charge in [-0.05, 0) is 60.5 Å². The third-order valence-electron chi connectivity index (χ3n) is 6.64. The van der Waals surface area contributed by atoms with Gasteiger partial charge in [-0.15, -0.1) is 0 Å². The van der Waals surface area contributed by atoms with E-state index in [4.69, 9.17) is 14.2 Å². The Bertz CT molecular complexity index is 1480. The quantitative estimate of drug-likeness (QED) is 0.367. The number of amides is 2. The highest BCUT2D eigenvalue weighted by Gasteiger charge is 2.34. The van der Waals surface area contributed by atoms with E-state index in [1.807, 2.05) is 0 Å². The smallest absolute Gasteiger partial charge is 0.264 e. The van der Waals surface area contributed by atoms with Crippen LogP contribution in [0.25, 0.3) is 0 Å². The number of anilines is 1. The number of fused-ring (bicyclic) bond motifs is 1. The molecular weight excluding hydrogens is 553 g/mol. The monoisotopic (exact) mass is 585 g/mol. The zero-order valence-corrected chi connectivity index (χ0v) is 23.8.